The Bertz CT molecular complexity index is 2400. The van der Waals surface area contributed by atoms with Gasteiger partial charge in [-0.1, -0.05) is 133 Å². The highest BCUT2D eigenvalue weighted by molar-refractivity contribution is 5.98. The van der Waals surface area contributed by atoms with Crippen LogP contribution in [0.3, 0.4) is 0 Å². The van der Waals surface area contributed by atoms with Gasteiger partial charge in [0.25, 0.3) is 0 Å². The normalized spacial score (nSPS) is 11.4. The maximum Gasteiger partial charge on any atom is 0.182 e. The Morgan fingerprint density at radius 2 is 0.863 bits per heavy atom. The molecule has 242 valence electrons. The Morgan fingerprint density at radius 1 is 0.392 bits per heavy atom. The third kappa shape index (κ3) is 7.14. The Balaban J connectivity index is 1.29. The lowest BCUT2D eigenvalue weighted by Gasteiger charge is -2.12. The SMILES string of the molecule is CC(=Nc1cccc(-c2ccccc2)c1)c1nc(-c2cc(-c3ccccc3)cc(-c3ccccc3)c2)nc(-c2cc(-c3ccccc3)ccn2)n1. The fraction of sp³-hybridized carbons (Fsp3) is 0.0217. The molecular weight excluding hydrogens is 623 g/mol. The average Bonchev–Trinajstić information content (AvgIpc) is 3.22. The summed E-state index contributed by atoms with van der Waals surface area (Å²) in [7, 11) is 0. The minimum atomic E-state index is 0.478. The molecule has 8 aromatic rings. The highest BCUT2D eigenvalue weighted by Gasteiger charge is 2.16. The molecule has 0 aliphatic carbocycles. The van der Waals surface area contributed by atoms with Gasteiger partial charge in [0.15, 0.2) is 17.5 Å². The van der Waals surface area contributed by atoms with Crippen molar-refractivity contribution in [2.75, 3.05) is 0 Å². The summed E-state index contributed by atoms with van der Waals surface area (Å²) in [5, 5.41) is 0. The molecule has 51 heavy (non-hydrogen) atoms. The molecule has 5 nitrogen and oxygen atoms in total. The second-order valence-corrected chi connectivity index (χ2v) is 12.2. The van der Waals surface area contributed by atoms with Crippen molar-refractivity contribution in [2.45, 2.75) is 6.92 Å². The molecule has 2 heterocycles. The van der Waals surface area contributed by atoms with Crippen molar-refractivity contribution in [1.29, 1.82) is 0 Å². The first-order valence-electron chi connectivity index (χ1n) is 16.9. The van der Waals surface area contributed by atoms with Crippen molar-refractivity contribution in [1.82, 2.24) is 19.9 Å². The van der Waals surface area contributed by atoms with Crippen LogP contribution in [0.1, 0.15) is 12.7 Å². The summed E-state index contributed by atoms with van der Waals surface area (Å²) in [6.07, 6.45) is 1.81. The molecule has 0 unspecified atom stereocenters. The van der Waals surface area contributed by atoms with Gasteiger partial charge in [-0.25, -0.2) is 19.9 Å². The lowest BCUT2D eigenvalue weighted by molar-refractivity contribution is 1.03. The monoisotopic (exact) mass is 655 g/mol. The first-order valence-corrected chi connectivity index (χ1v) is 16.9. The number of hydrogen-bond donors (Lipinski definition) is 0. The quantitative estimate of drug-likeness (QED) is 0.153. The van der Waals surface area contributed by atoms with Gasteiger partial charge in [0.2, 0.25) is 0 Å². The van der Waals surface area contributed by atoms with Crippen molar-refractivity contribution < 1.29 is 0 Å². The van der Waals surface area contributed by atoms with Gasteiger partial charge in [-0.3, -0.25) is 4.98 Å². The molecule has 0 bridgehead atoms. The second kappa shape index (κ2) is 14.3. The largest absolute Gasteiger partial charge is 0.253 e. The van der Waals surface area contributed by atoms with E-state index < -0.39 is 0 Å². The Hall–Kier alpha value is -6.85. The summed E-state index contributed by atoms with van der Waals surface area (Å²) in [5.74, 6) is 1.51. The third-order valence-corrected chi connectivity index (χ3v) is 8.71. The average molecular weight is 656 g/mol. The zero-order valence-corrected chi connectivity index (χ0v) is 28.1. The summed E-state index contributed by atoms with van der Waals surface area (Å²) in [4.78, 5) is 24.9. The number of aromatic nitrogens is 4. The van der Waals surface area contributed by atoms with Crippen LogP contribution in [0.15, 0.2) is 187 Å². The summed E-state index contributed by atoms with van der Waals surface area (Å²) in [5.41, 5.74) is 11.7. The van der Waals surface area contributed by atoms with Gasteiger partial charge in [-0.2, -0.15) is 0 Å². The second-order valence-electron chi connectivity index (χ2n) is 12.2. The van der Waals surface area contributed by atoms with Crippen LogP contribution in [0.5, 0.6) is 0 Å². The van der Waals surface area contributed by atoms with Crippen LogP contribution in [0.4, 0.5) is 5.69 Å². The van der Waals surface area contributed by atoms with Crippen molar-refractivity contribution in [2.24, 2.45) is 4.99 Å². The first-order chi connectivity index (χ1) is 25.2. The molecule has 0 fully saturated rings. The molecule has 0 aliphatic heterocycles. The smallest absolute Gasteiger partial charge is 0.182 e. The van der Waals surface area contributed by atoms with E-state index in [1.54, 1.807) is 6.20 Å². The molecule has 0 N–H and O–H groups in total. The summed E-state index contributed by atoms with van der Waals surface area (Å²) in [6.45, 7) is 1.95. The Morgan fingerprint density at radius 3 is 1.43 bits per heavy atom. The molecule has 0 atom stereocenters. The Labute approximate surface area is 297 Å². The van der Waals surface area contributed by atoms with Gasteiger partial charge in [-0.15, -0.1) is 0 Å². The van der Waals surface area contributed by atoms with Gasteiger partial charge >= 0.3 is 0 Å². The van der Waals surface area contributed by atoms with E-state index in [9.17, 15) is 0 Å². The third-order valence-electron chi connectivity index (χ3n) is 8.71. The number of aliphatic imine (C=N–C) groups is 1. The molecule has 5 heteroatoms. The molecular formula is C46H33N5. The summed E-state index contributed by atoms with van der Waals surface area (Å²) in [6, 6.07) is 60.1. The predicted octanol–water partition coefficient (Wildman–Crippen LogP) is 11.4. The van der Waals surface area contributed by atoms with E-state index in [0.29, 0.717) is 28.9 Å². The van der Waals surface area contributed by atoms with E-state index in [1.807, 2.05) is 79.7 Å². The zero-order valence-electron chi connectivity index (χ0n) is 28.1. The molecule has 0 spiro atoms. The van der Waals surface area contributed by atoms with Crippen molar-refractivity contribution >= 4 is 11.4 Å². The van der Waals surface area contributed by atoms with Gasteiger partial charge in [0.1, 0.15) is 5.69 Å². The number of pyridine rings is 1. The van der Waals surface area contributed by atoms with Gasteiger partial charge < -0.3 is 0 Å². The molecule has 0 amide bonds. The van der Waals surface area contributed by atoms with Crippen LogP contribution >= 0.6 is 0 Å². The highest BCUT2D eigenvalue weighted by atomic mass is 15.1. The topological polar surface area (TPSA) is 63.9 Å². The fourth-order valence-corrected chi connectivity index (χ4v) is 6.12. The first kappa shape index (κ1) is 31.4. The van der Waals surface area contributed by atoms with E-state index in [2.05, 4.69) is 103 Å². The van der Waals surface area contributed by atoms with Crippen molar-refractivity contribution in [3.8, 4) is 67.4 Å². The molecule has 0 saturated heterocycles. The molecule has 8 rings (SSSR count). The number of nitrogens with zero attached hydrogens (tertiary/aromatic N) is 5. The lowest BCUT2D eigenvalue weighted by Crippen LogP contribution is -2.08. The standard InChI is InChI=1S/C46H33N5/c1-32(48-42-24-14-23-37(30-42)33-15-6-2-7-16-33)44-49-45(51-46(50-44)43-31-38(25-26-47-43)34-17-8-3-9-18-34)41-28-39(35-19-10-4-11-20-35)27-40(29-41)36-21-12-5-13-22-36/h2-31H,1H3. The lowest BCUT2D eigenvalue weighted by atomic mass is 9.96. The van der Waals surface area contributed by atoms with Crippen LogP contribution in [0.25, 0.3) is 67.4 Å². The minimum absolute atomic E-state index is 0.478. The van der Waals surface area contributed by atoms with Gasteiger partial charge in [0, 0.05) is 11.8 Å². The molecule has 6 aromatic carbocycles. The van der Waals surface area contributed by atoms with E-state index in [0.717, 1.165) is 55.8 Å². The van der Waals surface area contributed by atoms with E-state index in [1.165, 1.54) is 0 Å². The van der Waals surface area contributed by atoms with Crippen LogP contribution in [0.2, 0.25) is 0 Å². The van der Waals surface area contributed by atoms with E-state index in [4.69, 9.17) is 24.9 Å². The maximum atomic E-state index is 5.08. The number of hydrogen-bond acceptors (Lipinski definition) is 5. The van der Waals surface area contributed by atoms with Crippen molar-refractivity contribution in [3.63, 3.8) is 0 Å². The number of rotatable bonds is 8. The van der Waals surface area contributed by atoms with Gasteiger partial charge in [-0.05, 0) is 93.9 Å². The number of benzene rings is 6. The molecule has 0 aliphatic rings. The summed E-state index contributed by atoms with van der Waals surface area (Å²) < 4.78 is 0. The van der Waals surface area contributed by atoms with Crippen LogP contribution < -0.4 is 0 Å². The maximum absolute atomic E-state index is 5.08. The van der Waals surface area contributed by atoms with Crippen LogP contribution in [-0.4, -0.2) is 25.6 Å². The van der Waals surface area contributed by atoms with E-state index in [-0.39, 0.29) is 0 Å². The zero-order chi connectivity index (χ0) is 34.4. The predicted molar refractivity (Wildman–Crippen MR) is 209 cm³/mol. The van der Waals surface area contributed by atoms with E-state index >= 15 is 0 Å². The van der Waals surface area contributed by atoms with Crippen LogP contribution in [-0.2, 0) is 0 Å². The summed E-state index contributed by atoms with van der Waals surface area (Å²) >= 11 is 0. The van der Waals surface area contributed by atoms with Gasteiger partial charge in [0.05, 0.1) is 11.4 Å². The molecule has 2 aromatic heterocycles. The molecule has 0 saturated carbocycles. The fourth-order valence-electron chi connectivity index (χ4n) is 6.12. The van der Waals surface area contributed by atoms with Crippen molar-refractivity contribution in [3.05, 3.63) is 188 Å². The minimum Gasteiger partial charge on any atom is -0.253 e. The Kier molecular flexibility index (Phi) is 8.83. The highest BCUT2D eigenvalue weighted by Crippen LogP contribution is 2.33. The molecule has 0 radical (unpaired) electrons. The van der Waals surface area contributed by atoms with Crippen LogP contribution in [0, 0.1) is 0 Å².